The highest BCUT2D eigenvalue weighted by molar-refractivity contribution is 5.96. The molecule has 4 rings (SSSR count). The van der Waals surface area contributed by atoms with Crippen molar-refractivity contribution in [3.8, 4) is 11.4 Å². The molecule has 1 amide bonds. The van der Waals surface area contributed by atoms with Crippen molar-refractivity contribution in [2.75, 3.05) is 6.54 Å². The van der Waals surface area contributed by atoms with E-state index in [2.05, 4.69) is 10.1 Å². The van der Waals surface area contributed by atoms with Crippen LogP contribution >= 0.6 is 0 Å². The first-order valence-corrected chi connectivity index (χ1v) is 8.91. The number of aryl methyl sites for hydroxylation is 2. The highest BCUT2D eigenvalue weighted by atomic mass is 16.5. The van der Waals surface area contributed by atoms with Gasteiger partial charge in [0.2, 0.25) is 11.7 Å². The largest absolute Gasteiger partial charge is 0.337 e. The minimum atomic E-state index is -0.159. The highest BCUT2D eigenvalue weighted by Crippen LogP contribution is 2.33. The summed E-state index contributed by atoms with van der Waals surface area (Å²) in [6.07, 6.45) is 1.78. The Morgan fingerprint density at radius 1 is 1.12 bits per heavy atom. The maximum atomic E-state index is 13.0. The number of carbonyl (C=O) groups excluding carboxylic acids is 1. The summed E-state index contributed by atoms with van der Waals surface area (Å²) in [7, 11) is 0. The fourth-order valence-electron chi connectivity index (χ4n) is 3.42. The number of rotatable bonds is 3. The zero-order valence-corrected chi connectivity index (χ0v) is 15.0. The molecular formula is C21H21N3O2. The van der Waals surface area contributed by atoms with Gasteiger partial charge < -0.3 is 9.42 Å². The van der Waals surface area contributed by atoms with Crippen molar-refractivity contribution in [2.45, 2.75) is 32.7 Å². The zero-order valence-electron chi connectivity index (χ0n) is 15.0. The number of nitrogens with zero attached hydrogens (tertiary/aromatic N) is 3. The van der Waals surface area contributed by atoms with Crippen LogP contribution in [-0.4, -0.2) is 27.5 Å². The van der Waals surface area contributed by atoms with Crippen LogP contribution in [0.4, 0.5) is 0 Å². The van der Waals surface area contributed by atoms with E-state index >= 15 is 0 Å². The molecule has 1 aliphatic heterocycles. The lowest BCUT2D eigenvalue weighted by molar-refractivity contribution is 0.0709. The molecule has 0 spiro atoms. The molecule has 2 heterocycles. The molecule has 0 N–H and O–H groups in total. The molecule has 2 aromatic carbocycles. The van der Waals surface area contributed by atoms with Crippen molar-refractivity contribution in [3.05, 3.63) is 71.1 Å². The fraction of sp³-hybridized carbons (Fsp3) is 0.286. The van der Waals surface area contributed by atoms with Crippen molar-refractivity contribution in [3.63, 3.8) is 0 Å². The quantitative estimate of drug-likeness (QED) is 0.707. The Hall–Kier alpha value is -2.95. The monoisotopic (exact) mass is 347 g/mol. The number of aromatic nitrogens is 2. The van der Waals surface area contributed by atoms with Gasteiger partial charge in [-0.2, -0.15) is 4.98 Å². The molecule has 0 radical (unpaired) electrons. The second-order valence-corrected chi connectivity index (χ2v) is 6.79. The molecule has 5 heteroatoms. The van der Waals surface area contributed by atoms with Gasteiger partial charge in [-0.25, -0.2) is 0 Å². The third-order valence-electron chi connectivity index (χ3n) is 4.93. The minimum Gasteiger partial charge on any atom is -0.337 e. The summed E-state index contributed by atoms with van der Waals surface area (Å²) in [4.78, 5) is 19.4. The number of carbonyl (C=O) groups is 1. The van der Waals surface area contributed by atoms with Crippen LogP contribution in [0, 0.1) is 13.8 Å². The number of likely N-dealkylation sites (tertiary alicyclic amines) is 1. The first-order chi connectivity index (χ1) is 12.6. The maximum absolute atomic E-state index is 13.0. The van der Waals surface area contributed by atoms with E-state index < -0.39 is 0 Å². The summed E-state index contributed by atoms with van der Waals surface area (Å²) >= 11 is 0. The van der Waals surface area contributed by atoms with Gasteiger partial charge in [0, 0.05) is 17.7 Å². The van der Waals surface area contributed by atoms with Crippen LogP contribution in [0.15, 0.2) is 53.1 Å². The van der Waals surface area contributed by atoms with Gasteiger partial charge >= 0.3 is 0 Å². The predicted octanol–water partition coefficient (Wildman–Crippen LogP) is 4.33. The van der Waals surface area contributed by atoms with Crippen molar-refractivity contribution in [2.24, 2.45) is 0 Å². The molecule has 1 atom stereocenters. The first-order valence-electron chi connectivity index (χ1n) is 8.91. The van der Waals surface area contributed by atoms with Gasteiger partial charge in [-0.3, -0.25) is 4.79 Å². The van der Waals surface area contributed by atoms with E-state index in [9.17, 15) is 4.79 Å². The normalized spacial score (nSPS) is 16.8. The first kappa shape index (κ1) is 16.5. The van der Waals surface area contributed by atoms with Crippen LogP contribution in [0.25, 0.3) is 11.4 Å². The Bertz CT molecular complexity index is 930. The van der Waals surface area contributed by atoms with Crippen LogP contribution in [0.3, 0.4) is 0 Å². The third kappa shape index (κ3) is 3.01. The molecule has 0 saturated carbocycles. The summed E-state index contributed by atoms with van der Waals surface area (Å²) in [5.41, 5.74) is 3.82. The lowest BCUT2D eigenvalue weighted by Crippen LogP contribution is -2.31. The molecular weight excluding hydrogens is 326 g/mol. The molecule has 5 nitrogen and oxygen atoms in total. The Balaban J connectivity index is 1.60. The van der Waals surface area contributed by atoms with E-state index in [0.717, 1.165) is 29.5 Å². The second kappa shape index (κ2) is 6.75. The fourth-order valence-corrected chi connectivity index (χ4v) is 3.42. The van der Waals surface area contributed by atoms with E-state index in [-0.39, 0.29) is 11.9 Å². The molecule has 132 valence electrons. The minimum absolute atomic E-state index is 0.0284. The maximum Gasteiger partial charge on any atom is 0.254 e. The third-order valence-corrected chi connectivity index (χ3v) is 4.93. The molecule has 1 unspecified atom stereocenters. The molecule has 1 fully saturated rings. The second-order valence-electron chi connectivity index (χ2n) is 6.79. The Morgan fingerprint density at radius 2 is 1.88 bits per heavy atom. The van der Waals surface area contributed by atoms with Gasteiger partial charge in [0.15, 0.2) is 0 Å². The Labute approximate surface area is 152 Å². The molecule has 1 aromatic heterocycles. The number of benzene rings is 2. The molecule has 1 saturated heterocycles. The molecule has 1 aliphatic rings. The van der Waals surface area contributed by atoms with Gasteiger partial charge in [-0.05, 0) is 38.3 Å². The molecule has 0 bridgehead atoms. The van der Waals surface area contributed by atoms with Crippen LogP contribution in [-0.2, 0) is 0 Å². The summed E-state index contributed by atoms with van der Waals surface area (Å²) in [6, 6.07) is 15.5. The zero-order chi connectivity index (χ0) is 18.1. The number of amides is 1. The van der Waals surface area contributed by atoms with Crippen molar-refractivity contribution < 1.29 is 9.32 Å². The highest BCUT2D eigenvalue weighted by Gasteiger charge is 2.35. The van der Waals surface area contributed by atoms with Crippen LogP contribution < -0.4 is 0 Å². The van der Waals surface area contributed by atoms with E-state index in [4.69, 9.17) is 4.52 Å². The summed E-state index contributed by atoms with van der Waals surface area (Å²) < 4.78 is 5.52. The van der Waals surface area contributed by atoms with E-state index in [1.807, 2.05) is 67.3 Å². The van der Waals surface area contributed by atoms with Gasteiger partial charge in [-0.1, -0.05) is 53.2 Å². The SMILES string of the molecule is Cc1ccc(-c2noc(C3CCCN3C(=O)c3ccccc3C)n2)cc1. The van der Waals surface area contributed by atoms with Crippen molar-refractivity contribution >= 4 is 5.91 Å². The number of hydrogen-bond acceptors (Lipinski definition) is 4. The predicted molar refractivity (Wildman–Crippen MR) is 98.7 cm³/mol. The average molecular weight is 347 g/mol. The van der Waals surface area contributed by atoms with Gasteiger partial charge in [0.25, 0.3) is 5.91 Å². The van der Waals surface area contributed by atoms with Gasteiger partial charge in [-0.15, -0.1) is 0 Å². The molecule has 26 heavy (non-hydrogen) atoms. The lowest BCUT2D eigenvalue weighted by atomic mass is 10.1. The van der Waals surface area contributed by atoms with E-state index in [1.54, 1.807) is 0 Å². The summed E-state index contributed by atoms with van der Waals surface area (Å²) in [5, 5.41) is 4.12. The van der Waals surface area contributed by atoms with E-state index in [0.29, 0.717) is 18.3 Å². The van der Waals surface area contributed by atoms with Crippen molar-refractivity contribution in [1.82, 2.24) is 15.0 Å². The average Bonchev–Trinajstić information content (AvgIpc) is 3.31. The summed E-state index contributed by atoms with van der Waals surface area (Å²) in [6.45, 7) is 4.71. The van der Waals surface area contributed by atoms with Crippen LogP contribution in [0.1, 0.15) is 46.3 Å². The van der Waals surface area contributed by atoms with Crippen molar-refractivity contribution in [1.29, 1.82) is 0 Å². The standard InChI is InChI=1S/C21H21N3O2/c1-14-9-11-16(12-10-14)19-22-20(26-23-19)18-8-5-13-24(18)21(25)17-7-4-3-6-15(17)2/h3-4,6-7,9-12,18H,5,8,13H2,1-2H3. The van der Waals surface area contributed by atoms with Crippen LogP contribution in [0.5, 0.6) is 0 Å². The Kier molecular flexibility index (Phi) is 4.29. The van der Waals surface area contributed by atoms with Crippen LogP contribution in [0.2, 0.25) is 0 Å². The topological polar surface area (TPSA) is 59.2 Å². The smallest absolute Gasteiger partial charge is 0.254 e. The Morgan fingerprint density at radius 3 is 2.65 bits per heavy atom. The molecule has 0 aliphatic carbocycles. The summed E-state index contributed by atoms with van der Waals surface area (Å²) in [5.74, 6) is 1.11. The van der Waals surface area contributed by atoms with E-state index in [1.165, 1.54) is 5.56 Å². The van der Waals surface area contributed by atoms with Gasteiger partial charge in [0.1, 0.15) is 6.04 Å². The lowest BCUT2D eigenvalue weighted by Gasteiger charge is -2.22. The van der Waals surface area contributed by atoms with Gasteiger partial charge in [0.05, 0.1) is 0 Å². The number of hydrogen-bond donors (Lipinski definition) is 0. The molecule has 3 aromatic rings.